The maximum atomic E-state index is 12.6. The average Bonchev–Trinajstić information content (AvgIpc) is 2.16. The summed E-state index contributed by atoms with van der Waals surface area (Å²) in [6, 6.07) is 0.958. The zero-order valence-corrected chi connectivity index (χ0v) is 12.0. The van der Waals surface area contributed by atoms with Gasteiger partial charge in [0.1, 0.15) is 17.0 Å². The molecule has 106 valence electrons. The molecule has 0 aliphatic heterocycles. The smallest absolute Gasteiger partial charge is 0.434 e. The molecule has 1 aromatic heterocycles. The fraction of sp³-hybridized carbons (Fsp3) is 0.455. The third-order valence-electron chi connectivity index (χ3n) is 1.89. The number of nitrogens with zero attached hydrogens (tertiary/aromatic N) is 1. The molecule has 19 heavy (non-hydrogen) atoms. The van der Waals surface area contributed by atoms with E-state index in [1.54, 1.807) is 20.8 Å². The van der Waals surface area contributed by atoms with Crippen LogP contribution >= 0.6 is 15.9 Å². The van der Waals surface area contributed by atoms with E-state index in [0.29, 0.717) is 0 Å². The molecule has 0 amide bonds. The number of hydrogen-bond acceptors (Lipinski definition) is 4. The van der Waals surface area contributed by atoms with Gasteiger partial charge in [0.05, 0.1) is 0 Å². The molecule has 0 bridgehead atoms. The summed E-state index contributed by atoms with van der Waals surface area (Å²) in [6.07, 6.45) is -4.65. The van der Waals surface area contributed by atoms with Gasteiger partial charge in [-0.15, -0.1) is 0 Å². The van der Waals surface area contributed by atoms with E-state index in [1.165, 1.54) is 0 Å². The van der Waals surface area contributed by atoms with Crippen molar-refractivity contribution in [2.45, 2.75) is 32.5 Å². The Labute approximate surface area is 116 Å². The lowest BCUT2D eigenvalue weighted by Gasteiger charge is -2.20. The second kappa shape index (κ2) is 4.99. The van der Waals surface area contributed by atoms with Crippen LogP contribution in [0, 0.1) is 0 Å². The Morgan fingerprint density at radius 2 is 1.89 bits per heavy atom. The van der Waals surface area contributed by atoms with E-state index in [9.17, 15) is 18.0 Å². The van der Waals surface area contributed by atoms with Gasteiger partial charge in [-0.2, -0.15) is 13.2 Å². The number of pyridine rings is 1. The molecule has 0 saturated carbocycles. The minimum absolute atomic E-state index is 0.213. The quantitative estimate of drug-likeness (QED) is 0.795. The van der Waals surface area contributed by atoms with Gasteiger partial charge < -0.3 is 10.5 Å². The highest BCUT2D eigenvalue weighted by Gasteiger charge is 2.36. The standard InChI is InChI=1S/C11H12BrF3N2O2/c1-10(2,3)19-9(18)5-4-6(12)7(11(13,14)15)17-8(5)16/h4H,1-3H3,(H2,16,17). The van der Waals surface area contributed by atoms with Crippen molar-refractivity contribution >= 4 is 27.7 Å². The van der Waals surface area contributed by atoms with Crippen LogP contribution in [0.5, 0.6) is 0 Å². The summed E-state index contributed by atoms with van der Waals surface area (Å²) in [5, 5.41) is 0. The van der Waals surface area contributed by atoms with E-state index in [-0.39, 0.29) is 10.0 Å². The summed E-state index contributed by atoms with van der Waals surface area (Å²) in [7, 11) is 0. The number of esters is 1. The van der Waals surface area contributed by atoms with E-state index >= 15 is 0 Å². The number of carbonyl (C=O) groups excluding carboxylic acids is 1. The molecule has 4 nitrogen and oxygen atoms in total. The van der Waals surface area contributed by atoms with E-state index in [4.69, 9.17) is 10.5 Å². The molecule has 0 radical (unpaired) electrons. The van der Waals surface area contributed by atoms with Crippen molar-refractivity contribution in [3.8, 4) is 0 Å². The summed E-state index contributed by atoms with van der Waals surface area (Å²) in [5.41, 5.74) is 3.20. The highest BCUT2D eigenvalue weighted by molar-refractivity contribution is 9.10. The Kier molecular flexibility index (Phi) is 4.14. The molecule has 0 spiro atoms. The molecule has 0 unspecified atom stereocenters. The van der Waals surface area contributed by atoms with Gasteiger partial charge in [0.15, 0.2) is 5.69 Å². The lowest BCUT2D eigenvalue weighted by atomic mass is 10.1. The number of aromatic nitrogens is 1. The number of nitrogens with two attached hydrogens (primary N) is 1. The zero-order chi connectivity index (χ0) is 15.0. The minimum Gasteiger partial charge on any atom is -0.456 e. The van der Waals surface area contributed by atoms with Crippen LogP contribution in [0.1, 0.15) is 36.8 Å². The molecule has 1 heterocycles. The van der Waals surface area contributed by atoms with Crippen LogP contribution in [-0.4, -0.2) is 16.6 Å². The van der Waals surface area contributed by atoms with Crippen LogP contribution in [0.3, 0.4) is 0 Å². The van der Waals surface area contributed by atoms with Crippen LogP contribution in [0.4, 0.5) is 19.0 Å². The predicted molar refractivity (Wildman–Crippen MR) is 66.5 cm³/mol. The molecule has 0 aromatic carbocycles. The normalized spacial score (nSPS) is 12.4. The molecular weight excluding hydrogens is 329 g/mol. The molecule has 0 aliphatic rings. The third kappa shape index (κ3) is 4.09. The fourth-order valence-electron chi connectivity index (χ4n) is 1.20. The molecule has 1 rings (SSSR count). The number of hydrogen-bond donors (Lipinski definition) is 1. The van der Waals surface area contributed by atoms with Crippen LogP contribution in [0.15, 0.2) is 10.5 Å². The topological polar surface area (TPSA) is 65.2 Å². The lowest BCUT2D eigenvalue weighted by molar-refractivity contribution is -0.141. The Morgan fingerprint density at radius 3 is 2.32 bits per heavy atom. The van der Waals surface area contributed by atoms with Gasteiger partial charge in [0, 0.05) is 4.47 Å². The second-order valence-electron chi connectivity index (χ2n) is 4.75. The Hall–Kier alpha value is -1.31. The molecule has 0 fully saturated rings. The van der Waals surface area contributed by atoms with Gasteiger partial charge in [-0.3, -0.25) is 0 Å². The highest BCUT2D eigenvalue weighted by atomic mass is 79.9. The monoisotopic (exact) mass is 340 g/mol. The number of ether oxygens (including phenoxy) is 1. The Balaban J connectivity index is 3.20. The largest absolute Gasteiger partial charge is 0.456 e. The van der Waals surface area contributed by atoms with E-state index in [1.807, 2.05) is 0 Å². The predicted octanol–water partition coefficient (Wildman–Crippen LogP) is 3.40. The number of carbonyl (C=O) groups is 1. The highest BCUT2D eigenvalue weighted by Crippen LogP contribution is 2.35. The first kappa shape index (κ1) is 15.7. The first-order valence-electron chi connectivity index (χ1n) is 5.18. The van der Waals surface area contributed by atoms with Gasteiger partial charge in [0.25, 0.3) is 0 Å². The number of anilines is 1. The molecule has 0 atom stereocenters. The maximum Gasteiger partial charge on any atom is 0.434 e. The first-order valence-corrected chi connectivity index (χ1v) is 5.97. The van der Waals surface area contributed by atoms with Gasteiger partial charge in [-0.25, -0.2) is 9.78 Å². The average molecular weight is 341 g/mol. The molecule has 1 aromatic rings. The van der Waals surface area contributed by atoms with Crippen molar-refractivity contribution in [1.29, 1.82) is 0 Å². The van der Waals surface area contributed by atoms with Crippen molar-refractivity contribution in [3.05, 3.63) is 21.8 Å². The number of halogens is 4. The molecule has 8 heteroatoms. The van der Waals surface area contributed by atoms with Gasteiger partial charge in [-0.05, 0) is 42.8 Å². The number of nitrogen functional groups attached to an aromatic ring is 1. The van der Waals surface area contributed by atoms with Crippen molar-refractivity contribution < 1.29 is 22.7 Å². The van der Waals surface area contributed by atoms with Gasteiger partial charge in [0.2, 0.25) is 0 Å². The van der Waals surface area contributed by atoms with Crippen LogP contribution in [0.25, 0.3) is 0 Å². The van der Waals surface area contributed by atoms with Gasteiger partial charge >= 0.3 is 12.1 Å². The minimum atomic E-state index is -4.65. The van der Waals surface area contributed by atoms with E-state index < -0.39 is 29.3 Å². The second-order valence-corrected chi connectivity index (χ2v) is 5.61. The van der Waals surface area contributed by atoms with Crippen LogP contribution < -0.4 is 5.73 Å². The summed E-state index contributed by atoms with van der Waals surface area (Å²) < 4.78 is 42.4. The van der Waals surface area contributed by atoms with Crippen molar-refractivity contribution in [2.24, 2.45) is 0 Å². The summed E-state index contributed by atoms with van der Waals surface area (Å²) in [6.45, 7) is 4.90. The summed E-state index contributed by atoms with van der Waals surface area (Å²) >= 11 is 2.72. The summed E-state index contributed by atoms with van der Waals surface area (Å²) in [5.74, 6) is -1.35. The van der Waals surface area contributed by atoms with Crippen molar-refractivity contribution in [2.75, 3.05) is 5.73 Å². The fourth-order valence-corrected chi connectivity index (χ4v) is 1.74. The van der Waals surface area contributed by atoms with Crippen molar-refractivity contribution in [3.63, 3.8) is 0 Å². The molecule has 0 saturated heterocycles. The Morgan fingerprint density at radius 1 is 1.37 bits per heavy atom. The molecule has 2 N–H and O–H groups in total. The lowest BCUT2D eigenvalue weighted by Crippen LogP contribution is -2.25. The van der Waals surface area contributed by atoms with E-state index in [2.05, 4.69) is 20.9 Å². The Bertz CT molecular complexity index is 510. The van der Waals surface area contributed by atoms with Crippen LogP contribution in [0.2, 0.25) is 0 Å². The summed E-state index contributed by atoms with van der Waals surface area (Å²) in [4.78, 5) is 15.0. The SMILES string of the molecule is CC(C)(C)OC(=O)c1cc(Br)c(C(F)(F)F)nc1N. The number of rotatable bonds is 1. The molecule has 0 aliphatic carbocycles. The van der Waals surface area contributed by atoms with E-state index in [0.717, 1.165) is 6.07 Å². The zero-order valence-electron chi connectivity index (χ0n) is 10.4. The maximum absolute atomic E-state index is 12.6. The van der Waals surface area contributed by atoms with Crippen molar-refractivity contribution in [1.82, 2.24) is 4.98 Å². The first-order chi connectivity index (χ1) is 8.42. The van der Waals surface area contributed by atoms with Gasteiger partial charge in [-0.1, -0.05) is 0 Å². The van der Waals surface area contributed by atoms with Crippen LogP contribution in [-0.2, 0) is 10.9 Å². The number of alkyl halides is 3. The molecular formula is C11H12BrF3N2O2. The third-order valence-corrected chi connectivity index (χ3v) is 2.50.